The minimum absolute atomic E-state index is 0.0106. The van der Waals surface area contributed by atoms with Crippen molar-refractivity contribution >= 4 is 5.97 Å². The van der Waals surface area contributed by atoms with Crippen LogP contribution in [0.1, 0.15) is 6.42 Å². The normalized spacial score (nSPS) is 29.6. The Bertz CT molecular complexity index is 292. The van der Waals surface area contributed by atoms with Gasteiger partial charge >= 0.3 is 5.97 Å². The summed E-state index contributed by atoms with van der Waals surface area (Å²) in [7, 11) is 1.38. The Morgan fingerprint density at radius 3 is 3.14 bits per heavy atom. The van der Waals surface area contributed by atoms with Gasteiger partial charge < -0.3 is 14.2 Å². The molecular weight excluding hydrogens is 184 g/mol. The Hall–Kier alpha value is -1.13. The summed E-state index contributed by atoms with van der Waals surface area (Å²) in [6.45, 7) is 0.321. The van der Waals surface area contributed by atoms with E-state index in [1.807, 2.05) is 18.2 Å². The highest BCUT2D eigenvalue weighted by Gasteiger charge is 2.28. The summed E-state index contributed by atoms with van der Waals surface area (Å²) >= 11 is 0. The van der Waals surface area contributed by atoms with Gasteiger partial charge in [0.1, 0.15) is 19.0 Å². The van der Waals surface area contributed by atoms with Gasteiger partial charge in [-0.3, -0.25) is 4.79 Å². The predicted molar refractivity (Wildman–Crippen MR) is 48.5 cm³/mol. The summed E-state index contributed by atoms with van der Waals surface area (Å²) in [4.78, 5) is 11.0. The van der Waals surface area contributed by atoms with Gasteiger partial charge in [0.2, 0.25) is 0 Å². The zero-order chi connectivity index (χ0) is 9.97. The highest BCUT2D eigenvalue weighted by molar-refractivity contribution is 5.73. The third kappa shape index (κ3) is 1.86. The fourth-order valence-corrected chi connectivity index (χ4v) is 1.54. The zero-order valence-electron chi connectivity index (χ0n) is 7.93. The van der Waals surface area contributed by atoms with Crippen molar-refractivity contribution in [3.63, 3.8) is 0 Å². The van der Waals surface area contributed by atoms with Crippen molar-refractivity contribution in [2.45, 2.75) is 18.6 Å². The lowest BCUT2D eigenvalue weighted by Gasteiger charge is -2.15. The Morgan fingerprint density at radius 1 is 1.57 bits per heavy atom. The number of rotatable bonds is 2. The van der Waals surface area contributed by atoms with Gasteiger partial charge in [0.25, 0.3) is 0 Å². The van der Waals surface area contributed by atoms with Crippen molar-refractivity contribution in [3.8, 4) is 0 Å². The van der Waals surface area contributed by atoms with E-state index in [0.717, 1.165) is 5.57 Å². The molecule has 4 nitrogen and oxygen atoms in total. The van der Waals surface area contributed by atoms with Crippen LogP contribution in [0.3, 0.4) is 0 Å². The Morgan fingerprint density at radius 2 is 2.36 bits per heavy atom. The second kappa shape index (κ2) is 3.94. The molecule has 0 bridgehead atoms. The molecule has 1 aliphatic heterocycles. The first-order chi connectivity index (χ1) is 6.79. The van der Waals surface area contributed by atoms with Crippen LogP contribution in [0.25, 0.3) is 0 Å². The van der Waals surface area contributed by atoms with Crippen molar-refractivity contribution in [1.82, 2.24) is 0 Å². The number of carbonyl (C=O) groups is 1. The molecule has 4 heteroatoms. The van der Waals surface area contributed by atoms with Gasteiger partial charge in [0.05, 0.1) is 13.5 Å². The third-order valence-corrected chi connectivity index (χ3v) is 2.30. The van der Waals surface area contributed by atoms with Crippen molar-refractivity contribution in [3.05, 3.63) is 23.8 Å². The maximum absolute atomic E-state index is 11.0. The summed E-state index contributed by atoms with van der Waals surface area (Å²) in [6.07, 6.45) is 5.97. The van der Waals surface area contributed by atoms with E-state index in [1.54, 1.807) is 0 Å². The highest BCUT2D eigenvalue weighted by atomic mass is 16.7. The Balaban J connectivity index is 2.00. The second-order valence-corrected chi connectivity index (χ2v) is 3.23. The smallest absolute Gasteiger partial charge is 0.309 e. The number of methoxy groups -OCH3 is 1. The van der Waals surface area contributed by atoms with Crippen LogP contribution < -0.4 is 0 Å². The van der Waals surface area contributed by atoms with Gasteiger partial charge in [0, 0.05) is 0 Å². The summed E-state index contributed by atoms with van der Waals surface area (Å²) in [5, 5.41) is 0. The molecule has 14 heavy (non-hydrogen) atoms. The Labute approximate surface area is 82.1 Å². The lowest BCUT2D eigenvalue weighted by Crippen LogP contribution is -2.21. The van der Waals surface area contributed by atoms with Crippen molar-refractivity contribution in [2.24, 2.45) is 0 Å². The maximum atomic E-state index is 11.0. The van der Waals surface area contributed by atoms with E-state index in [9.17, 15) is 4.79 Å². The maximum Gasteiger partial charge on any atom is 0.309 e. The largest absolute Gasteiger partial charge is 0.469 e. The molecule has 2 aliphatic rings. The zero-order valence-corrected chi connectivity index (χ0v) is 7.93. The van der Waals surface area contributed by atoms with Gasteiger partial charge in [0.15, 0.2) is 0 Å². The lowest BCUT2D eigenvalue weighted by molar-refractivity contribution is -0.139. The topological polar surface area (TPSA) is 44.8 Å². The number of allylic oxidation sites excluding steroid dienone is 1. The van der Waals surface area contributed by atoms with Gasteiger partial charge in [-0.05, 0) is 11.6 Å². The molecule has 1 heterocycles. The minimum Gasteiger partial charge on any atom is -0.469 e. The number of hydrogen-bond donors (Lipinski definition) is 0. The van der Waals surface area contributed by atoms with E-state index >= 15 is 0 Å². The van der Waals surface area contributed by atoms with Crippen LogP contribution in [0.15, 0.2) is 23.8 Å². The molecule has 0 saturated carbocycles. The molecule has 2 atom stereocenters. The van der Waals surface area contributed by atoms with E-state index < -0.39 is 0 Å². The first-order valence-electron chi connectivity index (χ1n) is 4.48. The predicted octanol–water partition coefficient (Wildman–Crippen LogP) is 0.787. The molecular formula is C10H12O4. The average Bonchev–Trinajstić information content (AvgIpc) is 2.64. The highest BCUT2D eigenvalue weighted by Crippen LogP contribution is 2.23. The number of carbonyl (C=O) groups excluding carboxylic acids is 1. The number of esters is 1. The summed E-state index contributed by atoms with van der Waals surface area (Å²) in [5.74, 6) is -0.238. The fraction of sp³-hybridized carbons (Fsp3) is 0.500. The molecule has 0 aromatic carbocycles. The molecule has 76 valence electrons. The first-order valence-corrected chi connectivity index (χ1v) is 4.48. The second-order valence-electron chi connectivity index (χ2n) is 3.23. The molecule has 0 aromatic heterocycles. The monoisotopic (exact) mass is 196 g/mol. The third-order valence-electron chi connectivity index (χ3n) is 2.30. The molecule has 0 aromatic rings. The van der Waals surface area contributed by atoms with Gasteiger partial charge in [-0.25, -0.2) is 0 Å². The molecule has 1 saturated heterocycles. The molecule has 1 fully saturated rings. The van der Waals surface area contributed by atoms with Crippen LogP contribution in [0.2, 0.25) is 0 Å². The molecule has 0 amide bonds. The number of hydrogen-bond acceptors (Lipinski definition) is 4. The van der Waals surface area contributed by atoms with Crippen LogP contribution in [0.5, 0.6) is 0 Å². The first kappa shape index (κ1) is 9.43. The van der Waals surface area contributed by atoms with E-state index in [2.05, 4.69) is 4.74 Å². The fourth-order valence-electron chi connectivity index (χ4n) is 1.54. The van der Waals surface area contributed by atoms with E-state index in [0.29, 0.717) is 13.2 Å². The molecule has 0 spiro atoms. The standard InChI is InChI=1S/C10H12O4/c1-12-10(11)5-7-2-3-8-9(4-7)14-6-13-8/h2-4,8-9H,5-6H2,1H3. The SMILES string of the molecule is COC(=O)CC1=CC2OCOC2C=C1. The van der Waals surface area contributed by atoms with Crippen molar-refractivity contribution in [1.29, 1.82) is 0 Å². The van der Waals surface area contributed by atoms with Gasteiger partial charge in [-0.2, -0.15) is 0 Å². The molecule has 0 N–H and O–H groups in total. The van der Waals surface area contributed by atoms with Crippen LogP contribution >= 0.6 is 0 Å². The van der Waals surface area contributed by atoms with Crippen LogP contribution in [0.4, 0.5) is 0 Å². The number of ether oxygens (including phenoxy) is 3. The van der Waals surface area contributed by atoms with Crippen molar-refractivity contribution < 1.29 is 19.0 Å². The van der Waals surface area contributed by atoms with Crippen LogP contribution in [0, 0.1) is 0 Å². The molecule has 1 aliphatic carbocycles. The van der Waals surface area contributed by atoms with Gasteiger partial charge in [-0.15, -0.1) is 0 Å². The minimum atomic E-state index is -0.238. The van der Waals surface area contributed by atoms with E-state index in [-0.39, 0.29) is 18.2 Å². The van der Waals surface area contributed by atoms with Gasteiger partial charge in [-0.1, -0.05) is 12.2 Å². The van der Waals surface area contributed by atoms with Crippen molar-refractivity contribution in [2.75, 3.05) is 13.9 Å². The summed E-state index contributed by atoms with van der Waals surface area (Å²) < 4.78 is 15.1. The molecule has 2 unspecified atom stereocenters. The van der Waals surface area contributed by atoms with E-state index in [1.165, 1.54) is 7.11 Å². The number of fused-ring (bicyclic) bond motifs is 1. The van der Waals surface area contributed by atoms with Crippen LogP contribution in [-0.4, -0.2) is 32.1 Å². The quantitative estimate of drug-likeness (QED) is 0.612. The average molecular weight is 196 g/mol. The lowest BCUT2D eigenvalue weighted by atomic mass is 10.0. The Kier molecular flexibility index (Phi) is 2.65. The van der Waals surface area contributed by atoms with E-state index in [4.69, 9.17) is 9.47 Å². The summed E-state index contributed by atoms with van der Waals surface area (Å²) in [6, 6.07) is 0. The summed E-state index contributed by atoms with van der Waals surface area (Å²) in [5.41, 5.74) is 0.920. The molecule has 2 rings (SSSR count). The molecule has 0 radical (unpaired) electrons. The van der Waals surface area contributed by atoms with Crippen LogP contribution in [-0.2, 0) is 19.0 Å².